The third-order valence-electron chi connectivity index (χ3n) is 5.12. The number of alkyl halides is 3. The molecule has 2 nitrogen and oxygen atoms in total. The molecule has 0 saturated carbocycles. The molecular weight excluding hydrogens is 315 g/mol. The fourth-order valence-corrected chi connectivity index (χ4v) is 3.89. The second kappa shape index (κ2) is 5.41. The fourth-order valence-electron chi connectivity index (χ4n) is 3.89. The zero-order valence-corrected chi connectivity index (χ0v) is 13.7. The van der Waals surface area contributed by atoms with E-state index >= 15 is 0 Å². The van der Waals surface area contributed by atoms with Crippen molar-refractivity contribution in [2.75, 3.05) is 0 Å². The summed E-state index contributed by atoms with van der Waals surface area (Å²) in [6.45, 7) is 5.92. The SMILES string of the molecule is CC(C)[C@]1(C#N)c2cc(-c3ccccc3C(F)(F)F)oc2C[C@H]1C. The molecule has 0 radical (unpaired) electrons. The van der Waals surface area contributed by atoms with Gasteiger partial charge in [0, 0.05) is 17.5 Å². The molecule has 1 aliphatic rings. The van der Waals surface area contributed by atoms with Crippen LogP contribution in [0.2, 0.25) is 0 Å². The van der Waals surface area contributed by atoms with E-state index in [2.05, 4.69) is 6.07 Å². The summed E-state index contributed by atoms with van der Waals surface area (Å²) in [6, 6.07) is 9.41. The number of fused-ring (bicyclic) bond motifs is 1. The lowest BCUT2D eigenvalue weighted by atomic mass is 9.69. The molecule has 2 atom stereocenters. The molecule has 0 bridgehead atoms. The third-order valence-corrected chi connectivity index (χ3v) is 5.12. The zero-order valence-electron chi connectivity index (χ0n) is 13.7. The van der Waals surface area contributed by atoms with Crippen LogP contribution in [-0.2, 0) is 18.0 Å². The van der Waals surface area contributed by atoms with Crippen LogP contribution >= 0.6 is 0 Å². The normalized spacial score (nSPS) is 23.3. The van der Waals surface area contributed by atoms with Crippen LogP contribution in [0.5, 0.6) is 0 Å². The van der Waals surface area contributed by atoms with Crippen molar-refractivity contribution < 1.29 is 17.6 Å². The van der Waals surface area contributed by atoms with Gasteiger partial charge in [-0.15, -0.1) is 0 Å². The van der Waals surface area contributed by atoms with Crippen LogP contribution < -0.4 is 0 Å². The minimum Gasteiger partial charge on any atom is -0.461 e. The highest BCUT2D eigenvalue weighted by Gasteiger charge is 2.50. The zero-order chi connectivity index (χ0) is 17.7. The summed E-state index contributed by atoms with van der Waals surface area (Å²) in [5.74, 6) is 0.926. The molecule has 3 rings (SSSR count). The van der Waals surface area contributed by atoms with Gasteiger partial charge in [0.05, 0.1) is 17.0 Å². The van der Waals surface area contributed by atoms with Gasteiger partial charge in [-0.25, -0.2) is 0 Å². The van der Waals surface area contributed by atoms with Gasteiger partial charge < -0.3 is 4.42 Å². The van der Waals surface area contributed by atoms with E-state index in [4.69, 9.17) is 4.42 Å². The van der Waals surface area contributed by atoms with Crippen molar-refractivity contribution in [3.05, 3.63) is 47.2 Å². The Morgan fingerprint density at radius 1 is 1.29 bits per heavy atom. The molecule has 0 saturated heterocycles. The van der Waals surface area contributed by atoms with Gasteiger partial charge in [0.1, 0.15) is 11.5 Å². The van der Waals surface area contributed by atoms with E-state index in [-0.39, 0.29) is 23.2 Å². The molecule has 1 aromatic heterocycles. The second-order valence-electron chi connectivity index (χ2n) is 6.73. The van der Waals surface area contributed by atoms with Crippen molar-refractivity contribution in [2.45, 2.75) is 38.8 Å². The Kier molecular flexibility index (Phi) is 3.75. The molecule has 1 aromatic carbocycles. The summed E-state index contributed by atoms with van der Waals surface area (Å²) >= 11 is 0. The highest BCUT2D eigenvalue weighted by molar-refractivity contribution is 5.66. The second-order valence-corrected chi connectivity index (χ2v) is 6.73. The predicted molar refractivity (Wildman–Crippen MR) is 84.1 cm³/mol. The minimum atomic E-state index is -4.45. The molecule has 0 amide bonds. The number of furan rings is 1. The topological polar surface area (TPSA) is 36.9 Å². The van der Waals surface area contributed by atoms with Gasteiger partial charge in [-0.2, -0.15) is 18.4 Å². The van der Waals surface area contributed by atoms with Crippen LogP contribution in [0.15, 0.2) is 34.7 Å². The average Bonchev–Trinajstić information content (AvgIpc) is 3.02. The fraction of sp³-hybridized carbons (Fsp3) is 0.421. The van der Waals surface area contributed by atoms with E-state index in [0.29, 0.717) is 12.2 Å². The van der Waals surface area contributed by atoms with Crippen molar-refractivity contribution in [1.82, 2.24) is 0 Å². The Morgan fingerprint density at radius 3 is 2.54 bits per heavy atom. The van der Waals surface area contributed by atoms with Crippen molar-refractivity contribution in [3.63, 3.8) is 0 Å². The lowest BCUT2D eigenvalue weighted by Crippen LogP contribution is -2.34. The maximum Gasteiger partial charge on any atom is 0.417 e. The number of halogens is 3. The first-order chi connectivity index (χ1) is 11.2. The summed E-state index contributed by atoms with van der Waals surface area (Å²) < 4.78 is 45.5. The van der Waals surface area contributed by atoms with E-state index in [1.54, 1.807) is 12.1 Å². The highest BCUT2D eigenvalue weighted by atomic mass is 19.4. The molecule has 0 unspecified atom stereocenters. The average molecular weight is 333 g/mol. The summed E-state index contributed by atoms with van der Waals surface area (Å²) in [6.07, 6.45) is -3.89. The maximum absolute atomic E-state index is 13.3. The highest BCUT2D eigenvalue weighted by Crippen LogP contribution is 2.51. The molecule has 0 spiro atoms. The molecular formula is C19H18F3NO. The first-order valence-electron chi connectivity index (χ1n) is 7.92. The molecule has 0 N–H and O–H groups in total. The Hall–Kier alpha value is -2.22. The molecule has 5 heteroatoms. The quantitative estimate of drug-likeness (QED) is 0.720. The number of nitriles is 1. The Bertz CT molecular complexity index is 813. The van der Waals surface area contributed by atoms with Crippen molar-refractivity contribution >= 4 is 0 Å². The van der Waals surface area contributed by atoms with Crippen LogP contribution in [0.3, 0.4) is 0 Å². The van der Waals surface area contributed by atoms with E-state index < -0.39 is 17.2 Å². The van der Waals surface area contributed by atoms with Gasteiger partial charge in [-0.3, -0.25) is 0 Å². The van der Waals surface area contributed by atoms with Gasteiger partial charge in [-0.05, 0) is 24.0 Å². The van der Waals surface area contributed by atoms with Gasteiger partial charge in [-0.1, -0.05) is 39.0 Å². The lowest BCUT2D eigenvalue weighted by molar-refractivity contribution is -0.137. The van der Waals surface area contributed by atoms with E-state index in [1.165, 1.54) is 12.1 Å². The summed E-state index contributed by atoms with van der Waals surface area (Å²) in [7, 11) is 0. The molecule has 1 heterocycles. The van der Waals surface area contributed by atoms with Gasteiger partial charge >= 0.3 is 6.18 Å². The number of hydrogen-bond acceptors (Lipinski definition) is 2. The Balaban J connectivity index is 2.17. The predicted octanol–water partition coefficient (Wildman–Crippen LogP) is 5.57. The van der Waals surface area contributed by atoms with Crippen LogP contribution in [0.1, 0.15) is 37.7 Å². The Morgan fingerprint density at radius 2 is 1.96 bits per heavy atom. The lowest BCUT2D eigenvalue weighted by Gasteiger charge is -2.30. The van der Waals surface area contributed by atoms with E-state index in [1.807, 2.05) is 20.8 Å². The monoisotopic (exact) mass is 333 g/mol. The smallest absolute Gasteiger partial charge is 0.417 e. The van der Waals surface area contributed by atoms with Gasteiger partial charge in [0.2, 0.25) is 0 Å². The van der Waals surface area contributed by atoms with Crippen molar-refractivity contribution in [1.29, 1.82) is 5.26 Å². The van der Waals surface area contributed by atoms with Crippen LogP contribution in [0, 0.1) is 23.2 Å². The summed E-state index contributed by atoms with van der Waals surface area (Å²) in [5, 5.41) is 9.80. The molecule has 0 aliphatic heterocycles. The first-order valence-corrected chi connectivity index (χ1v) is 7.92. The minimum absolute atomic E-state index is 0.0163. The maximum atomic E-state index is 13.3. The Labute approximate surface area is 138 Å². The summed E-state index contributed by atoms with van der Waals surface area (Å²) in [4.78, 5) is 0. The van der Waals surface area contributed by atoms with Crippen molar-refractivity contribution in [3.8, 4) is 17.4 Å². The summed E-state index contributed by atoms with van der Waals surface area (Å²) in [5.41, 5.74) is -0.690. The van der Waals surface area contributed by atoms with Crippen LogP contribution in [-0.4, -0.2) is 0 Å². The number of rotatable bonds is 2. The molecule has 1 aliphatic carbocycles. The van der Waals surface area contributed by atoms with Crippen molar-refractivity contribution in [2.24, 2.45) is 11.8 Å². The first kappa shape index (κ1) is 16.6. The molecule has 0 fully saturated rings. The van der Waals surface area contributed by atoms with Crippen LogP contribution in [0.4, 0.5) is 13.2 Å². The van der Waals surface area contributed by atoms with E-state index in [0.717, 1.165) is 11.6 Å². The van der Waals surface area contributed by atoms with Gasteiger partial charge in [0.25, 0.3) is 0 Å². The third kappa shape index (κ3) is 2.24. The largest absolute Gasteiger partial charge is 0.461 e. The van der Waals surface area contributed by atoms with Gasteiger partial charge in [0.15, 0.2) is 0 Å². The molecule has 126 valence electrons. The van der Waals surface area contributed by atoms with Crippen LogP contribution in [0.25, 0.3) is 11.3 Å². The molecule has 24 heavy (non-hydrogen) atoms. The molecule has 2 aromatic rings. The number of nitrogens with zero attached hydrogens (tertiary/aromatic N) is 1. The number of hydrogen-bond donors (Lipinski definition) is 0. The number of benzene rings is 1. The van der Waals surface area contributed by atoms with E-state index in [9.17, 15) is 18.4 Å². The standard InChI is InChI=1S/C19H18F3NO/c1-11(2)18(10-23)12(3)8-17-15(18)9-16(24-17)13-6-4-5-7-14(13)19(20,21)22/h4-7,9,11-12H,8H2,1-3H3/t12-,18+/m1/s1.